The highest BCUT2D eigenvalue weighted by Crippen LogP contribution is 2.36. The van der Waals surface area contributed by atoms with Crippen molar-refractivity contribution < 1.29 is 24.4 Å². The van der Waals surface area contributed by atoms with Gasteiger partial charge in [-0.2, -0.15) is 0 Å². The van der Waals surface area contributed by atoms with E-state index in [2.05, 4.69) is 5.32 Å². The Labute approximate surface area is 127 Å². The van der Waals surface area contributed by atoms with E-state index in [1.807, 2.05) is 30.3 Å². The van der Waals surface area contributed by atoms with Crippen LogP contribution in [0.4, 0.5) is 0 Å². The molecular weight excluding hydrogens is 294 g/mol. The van der Waals surface area contributed by atoms with Crippen molar-refractivity contribution in [2.45, 2.75) is 30.6 Å². The van der Waals surface area contributed by atoms with Gasteiger partial charge in [0, 0.05) is 0 Å². The van der Waals surface area contributed by atoms with Gasteiger partial charge in [0.1, 0.15) is 12.2 Å². The molecule has 2 heterocycles. The lowest BCUT2D eigenvalue weighted by Crippen LogP contribution is -2.52. The van der Waals surface area contributed by atoms with Gasteiger partial charge in [0.25, 0.3) is 5.17 Å². The molecule has 2 aliphatic heterocycles. The van der Waals surface area contributed by atoms with Crippen molar-refractivity contribution in [3.63, 3.8) is 0 Å². The lowest BCUT2D eigenvalue weighted by Gasteiger charge is -2.26. The molecule has 3 rings (SSSR count). The van der Waals surface area contributed by atoms with Gasteiger partial charge in [-0.3, -0.25) is 0 Å². The van der Waals surface area contributed by atoms with E-state index >= 15 is 0 Å². The number of nitrogens with one attached hydrogen (secondary N) is 1. The first-order chi connectivity index (χ1) is 10.1. The first-order valence-corrected chi connectivity index (χ1v) is 7.13. The SMILES string of the molecule is OC[C@@H]1O[C@@]2(COCc3ccccc3)NC(=S)O[C@H]2[C@@H]1O. The van der Waals surface area contributed by atoms with E-state index in [-0.39, 0.29) is 18.4 Å². The van der Waals surface area contributed by atoms with Crippen LogP contribution in [0.2, 0.25) is 0 Å². The van der Waals surface area contributed by atoms with Crippen molar-refractivity contribution in [2.24, 2.45) is 0 Å². The highest BCUT2D eigenvalue weighted by Gasteiger charge is 2.61. The summed E-state index contributed by atoms with van der Waals surface area (Å²) >= 11 is 4.97. The van der Waals surface area contributed by atoms with Crippen LogP contribution in [0.3, 0.4) is 0 Å². The third kappa shape index (κ3) is 2.75. The number of aliphatic hydroxyl groups excluding tert-OH is 2. The molecule has 2 aliphatic rings. The third-order valence-electron chi connectivity index (χ3n) is 3.67. The van der Waals surface area contributed by atoms with Crippen LogP contribution in [0.25, 0.3) is 0 Å². The monoisotopic (exact) mass is 311 g/mol. The molecule has 2 fully saturated rings. The zero-order valence-corrected chi connectivity index (χ0v) is 12.1. The molecule has 2 saturated heterocycles. The van der Waals surface area contributed by atoms with Crippen LogP contribution < -0.4 is 5.32 Å². The van der Waals surface area contributed by atoms with Crippen molar-refractivity contribution in [1.29, 1.82) is 0 Å². The number of thiocarbonyl (C=S) groups is 1. The largest absolute Gasteiger partial charge is 0.460 e. The molecular formula is C14H17NO5S. The van der Waals surface area contributed by atoms with Crippen LogP contribution in [0.15, 0.2) is 30.3 Å². The highest BCUT2D eigenvalue weighted by molar-refractivity contribution is 7.80. The molecule has 4 atom stereocenters. The van der Waals surface area contributed by atoms with E-state index in [1.54, 1.807) is 0 Å². The number of rotatable bonds is 5. The molecule has 7 heteroatoms. The minimum absolute atomic E-state index is 0.153. The number of hydrogen-bond donors (Lipinski definition) is 3. The second kappa shape index (κ2) is 5.86. The Morgan fingerprint density at radius 3 is 2.81 bits per heavy atom. The Bertz CT molecular complexity index is 513. The van der Waals surface area contributed by atoms with Crippen molar-refractivity contribution in [2.75, 3.05) is 13.2 Å². The van der Waals surface area contributed by atoms with Crippen molar-refractivity contribution in [3.05, 3.63) is 35.9 Å². The Morgan fingerprint density at radius 2 is 2.10 bits per heavy atom. The van der Waals surface area contributed by atoms with Gasteiger partial charge in [0.2, 0.25) is 5.72 Å². The fourth-order valence-corrected chi connectivity index (χ4v) is 2.93. The summed E-state index contributed by atoms with van der Waals surface area (Å²) in [4.78, 5) is 0. The lowest BCUT2D eigenvalue weighted by atomic mass is 10.0. The number of fused-ring (bicyclic) bond motifs is 1. The zero-order chi connectivity index (χ0) is 14.9. The van der Waals surface area contributed by atoms with Gasteiger partial charge < -0.3 is 29.7 Å². The van der Waals surface area contributed by atoms with Gasteiger partial charge in [-0.05, 0) is 17.8 Å². The first-order valence-electron chi connectivity index (χ1n) is 6.72. The predicted molar refractivity (Wildman–Crippen MR) is 77.4 cm³/mol. The molecule has 114 valence electrons. The average Bonchev–Trinajstić information content (AvgIpc) is 2.93. The van der Waals surface area contributed by atoms with E-state index in [0.717, 1.165) is 5.56 Å². The number of aliphatic hydroxyl groups is 2. The van der Waals surface area contributed by atoms with E-state index in [1.165, 1.54) is 0 Å². The summed E-state index contributed by atoms with van der Waals surface area (Å²) in [6.07, 6.45) is -2.35. The second-order valence-electron chi connectivity index (χ2n) is 5.15. The van der Waals surface area contributed by atoms with Gasteiger partial charge in [0.05, 0.1) is 19.8 Å². The van der Waals surface area contributed by atoms with Gasteiger partial charge >= 0.3 is 0 Å². The van der Waals surface area contributed by atoms with Crippen LogP contribution in [0.1, 0.15) is 5.56 Å². The number of benzene rings is 1. The third-order valence-corrected chi connectivity index (χ3v) is 3.87. The number of ether oxygens (including phenoxy) is 3. The van der Waals surface area contributed by atoms with E-state index < -0.39 is 24.0 Å². The maximum atomic E-state index is 10.1. The first kappa shape index (κ1) is 14.7. The standard InChI is InChI=1S/C14H17NO5S/c16-6-10-11(17)12-14(20-10,15-13(21)19-12)8-18-7-9-4-2-1-3-5-9/h1-5,10-12,16-17H,6-8H2,(H,15,21)/t10-,11+,12-,14+/m0/s1. The van der Waals surface area contributed by atoms with Crippen molar-refractivity contribution in [1.82, 2.24) is 5.32 Å². The maximum Gasteiger partial charge on any atom is 0.259 e. The quantitative estimate of drug-likeness (QED) is 0.657. The second-order valence-corrected chi connectivity index (χ2v) is 5.52. The molecule has 0 aromatic heterocycles. The maximum absolute atomic E-state index is 10.1. The van der Waals surface area contributed by atoms with Gasteiger partial charge in [-0.25, -0.2) is 0 Å². The molecule has 1 aromatic rings. The molecule has 1 aromatic carbocycles. The molecule has 0 spiro atoms. The molecule has 0 aliphatic carbocycles. The van der Waals surface area contributed by atoms with Crippen LogP contribution in [-0.4, -0.2) is 52.6 Å². The van der Waals surface area contributed by atoms with Crippen molar-refractivity contribution >= 4 is 17.4 Å². The van der Waals surface area contributed by atoms with Gasteiger partial charge in [-0.1, -0.05) is 30.3 Å². The molecule has 0 bridgehead atoms. The fraction of sp³-hybridized carbons (Fsp3) is 0.500. The van der Waals surface area contributed by atoms with Crippen LogP contribution in [0, 0.1) is 0 Å². The summed E-state index contributed by atoms with van der Waals surface area (Å²) in [7, 11) is 0. The minimum atomic E-state index is -1.04. The fourth-order valence-electron chi connectivity index (χ4n) is 2.65. The van der Waals surface area contributed by atoms with Gasteiger partial charge in [0.15, 0.2) is 6.10 Å². The Balaban J connectivity index is 1.66. The van der Waals surface area contributed by atoms with Gasteiger partial charge in [-0.15, -0.1) is 0 Å². The average molecular weight is 311 g/mol. The minimum Gasteiger partial charge on any atom is -0.460 e. The predicted octanol–water partition coefficient (Wildman–Crippen LogP) is -0.0752. The summed E-state index contributed by atoms with van der Waals surface area (Å²) in [5.74, 6) is 0. The molecule has 0 saturated carbocycles. The van der Waals surface area contributed by atoms with Crippen LogP contribution in [0.5, 0.6) is 0 Å². The Kier molecular flexibility index (Phi) is 4.10. The molecule has 3 N–H and O–H groups in total. The zero-order valence-electron chi connectivity index (χ0n) is 11.3. The highest BCUT2D eigenvalue weighted by atomic mass is 32.1. The summed E-state index contributed by atoms with van der Waals surface area (Å²) in [5.41, 5.74) is -0.0113. The number of hydrogen-bond acceptors (Lipinski definition) is 6. The molecule has 0 unspecified atom stereocenters. The smallest absolute Gasteiger partial charge is 0.259 e. The molecule has 0 amide bonds. The van der Waals surface area contributed by atoms with Crippen LogP contribution in [-0.2, 0) is 20.8 Å². The summed E-state index contributed by atoms with van der Waals surface area (Å²) in [6.45, 7) is 0.267. The van der Waals surface area contributed by atoms with E-state index in [4.69, 9.17) is 26.4 Å². The Morgan fingerprint density at radius 1 is 1.33 bits per heavy atom. The van der Waals surface area contributed by atoms with Crippen LogP contribution >= 0.6 is 12.2 Å². The van der Waals surface area contributed by atoms with Crippen molar-refractivity contribution in [3.8, 4) is 0 Å². The Hall–Kier alpha value is -1.25. The summed E-state index contributed by atoms with van der Waals surface area (Å²) < 4.78 is 16.8. The molecule has 6 nitrogen and oxygen atoms in total. The molecule has 21 heavy (non-hydrogen) atoms. The summed E-state index contributed by atoms with van der Waals surface area (Å²) in [6, 6.07) is 9.72. The topological polar surface area (TPSA) is 80.2 Å². The van der Waals surface area contributed by atoms with E-state index in [0.29, 0.717) is 6.61 Å². The molecule has 0 radical (unpaired) electrons. The van der Waals surface area contributed by atoms with E-state index in [9.17, 15) is 10.2 Å². The summed E-state index contributed by atoms with van der Waals surface area (Å²) in [5, 5.41) is 22.4. The lowest BCUT2D eigenvalue weighted by molar-refractivity contribution is -0.123. The normalized spacial score (nSPS) is 34.4.